The smallest absolute Gasteiger partial charge is 0.394 e. The number of carbonyl (C=O) groups is 1. The highest BCUT2D eigenvalue weighted by molar-refractivity contribution is 5.69. The summed E-state index contributed by atoms with van der Waals surface area (Å²) in [6, 6.07) is 0. The highest BCUT2D eigenvalue weighted by Gasteiger charge is 2.31. The number of hydrogen-bond acceptors (Lipinski definition) is 4. The second kappa shape index (κ2) is 3.64. The van der Waals surface area contributed by atoms with Gasteiger partial charge in [0, 0.05) is 0 Å². The van der Waals surface area contributed by atoms with E-state index < -0.39 is 30.7 Å². The minimum Gasteiger partial charge on any atom is -0.481 e. The number of halogens is 3. The summed E-state index contributed by atoms with van der Waals surface area (Å²) in [6.07, 6.45) is -6.42. The first-order chi connectivity index (χ1) is 6.38. The molecule has 0 fully saturated rings. The topological polar surface area (TPSA) is 76.2 Å². The summed E-state index contributed by atoms with van der Waals surface area (Å²) in [4.78, 5) is 10.2. The van der Waals surface area contributed by atoms with Gasteiger partial charge in [0.25, 0.3) is 0 Å². The summed E-state index contributed by atoms with van der Waals surface area (Å²) in [5.41, 5.74) is -0.783. The highest BCUT2D eigenvalue weighted by atomic mass is 19.4. The van der Waals surface area contributed by atoms with Crippen LogP contribution in [0.25, 0.3) is 0 Å². The number of rotatable bonds is 3. The Morgan fingerprint density at radius 1 is 1.36 bits per heavy atom. The van der Waals surface area contributed by atoms with Gasteiger partial charge in [-0.2, -0.15) is 13.2 Å². The van der Waals surface area contributed by atoms with Crippen LogP contribution in [0, 0.1) is 0 Å². The summed E-state index contributed by atoms with van der Waals surface area (Å²) < 4.78 is 39.7. The highest BCUT2D eigenvalue weighted by Crippen LogP contribution is 2.21. The Kier molecular flexibility index (Phi) is 2.73. The Hall–Kier alpha value is -1.60. The van der Waals surface area contributed by atoms with Crippen LogP contribution in [0.2, 0.25) is 0 Å². The fraction of sp³-hybridized carbons (Fsp3) is 0.500. The van der Waals surface area contributed by atoms with Crippen LogP contribution in [0.3, 0.4) is 0 Å². The van der Waals surface area contributed by atoms with E-state index in [0.717, 1.165) is 0 Å². The lowest BCUT2D eigenvalue weighted by Crippen LogP contribution is -2.14. The number of aliphatic carboxylic acids is 1. The number of carboxylic acid groups (broad SMARTS) is 1. The van der Waals surface area contributed by atoms with Crippen molar-refractivity contribution in [1.82, 2.24) is 10.3 Å². The minimum atomic E-state index is -4.45. The number of carboxylic acids is 1. The first-order valence-corrected chi connectivity index (χ1v) is 3.47. The molecule has 0 unspecified atom stereocenters. The van der Waals surface area contributed by atoms with Crippen LogP contribution in [-0.4, -0.2) is 27.6 Å². The third kappa shape index (κ3) is 3.04. The van der Waals surface area contributed by atoms with Crippen LogP contribution in [0.5, 0.6) is 0 Å². The van der Waals surface area contributed by atoms with Gasteiger partial charge in [-0.15, -0.1) is 0 Å². The number of aromatic nitrogens is 2. The Morgan fingerprint density at radius 2 is 1.93 bits per heavy atom. The lowest BCUT2D eigenvalue weighted by atomic mass is 10.2. The zero-order chi connectivity index (χ0) is 10.8. The average molecular weight is 210 g/mol. The molecule has 8 heteroatoms. The Bertz CT molecular complexity index is 333. The monoisotopic (exact) mass is 210 g/mol. The molecule has 14 heavy (non-hydrogen) atoms. The van der Waals surface area contributed by atoms with Gasteiger partial charge in [0.2, 0.25) is 0 Å². The van der Waals surface area contributed by atoms with E-state index in [1.165, 1.54) is 0 Å². The molecule has 0 amide bonds. The quantitative estimate of drug-likeness (QED) is 0.798. The Balaban J connectivity index is 2.77. The van der Waals surface area contributed by atoms with E-state index in [4.69, 9.17) is 5.11 Å². The van der Waals surface area contributed by atoms with Crippen molar-refractivity contribution < 1.29 is 27.7 Å². The van der Waals surface area contributed by atoms with Gasteiger partial charge in [0.15, 0.2) is 0 Å². The van der Waals surface area contributed by atoms with Crippen molar-refractivity contribution in [3.63, 3.8) is 0 Å². The Labute approximate surface area is 75.5 Å². The molecule has 1 rings (SSSR count). The molecule has 0 aliphatic heterocycles. The van der Waals surface area contributed by atoms with Crippen LogP contribution in [0.4, 0.5) is 13.2 Å². The van der Waals surface area contributed by atoms with E-state index in [-0.39, 0.29) is 5.69 Å². The van der Waals surface area contributed by atoms with Crippen molar-refractivity contribution in [3.05, 3.63) is 11.4 Å². The molecule has 0 aliphatic rings. The molecule has 78 valence electrons. The molecule has 0 aliphatic carbocycles. The van der Waals surface area contributed by atoms with Crippen LogP contribution in [-0.2, 0) is 17.6 Å². The van der Waals surface area contributed by atoms with Gasteiger partial charge in [-0.1, -0.05) is 10.3 Å². The van der Waals surface area contributed by atoms with Gasteiger partial charge < -0.3 is 5.11 Å². The summed E-state index contributed by atoms with van der Waals surface area (Å²) in [5, 5.41) is 14.4. The van der Waals surface area contributed by atoms with E-state index in [1.807, 2.05) is 0 Å². The molecular formula is C6H5F3N2O3. The SMILES string of the molecule is O=C(O)Cc1nonc1CC(F)(F)F. The summed E-state index contributed by atoms with van der Waals surface area (Å²) >= 11 is 0. The maximum atomic E-state index is 11.9. The zero-order valence-corrected chi connectivity index (χ0v) is 6.71. The lowest BCUT2D eigenvalue weighted by Gasteiger charge is -2.02. The molecule has 1 N–H and O–H groups in total. The fourth-order valence-corrected chi connectivity index (χ4v) is 0.826. The molecule has 0 spiro atoms. The molecule has 0 saturated carbocycles. The first-order valence-electron chi connectivity index (χ1n) is 3.47. The van der Waals surface area contributed by atoms with Gasteiger partial charge in [-0.25, -0.2) is 4.63 Å². The molecule has 0 bridgehead atoms. The van der Waals surface area contributed by atoms with Crippen molar-refractivity contribution in [3.8, 4) is 0 Å². The third-order valence-electron chi connectivity index (χ3n) is 1.32. The lowest BCUT2D eigenvalue weighted by molar-refractivity contribution is -0.136. The van der Waals surface area contributed by atoms with Crippen molar-refractivity contribution in [2.24, 2.45) is 0 Å². The van der Waals surface area contributed by atoms with Crippen LogP contribution in [0.1, 0.15) is 11.4 Å². The molecule has 0 aromatic carbocycles. The molecule has 0 radical (unpaired) electrons. The second-order valence-corrected chi connectivity index (χ2v) is 2.52. The van der Waals surface area contributed by atoms with E-state index >= 15 is 0 Å². The van der Waals surface area contributed by atoms with Crippen LogP contribution in [0.15, 0.2) is 4.63 Å². The van der Waals surface area contributed by atoms with Crippen molar-refractivity contribution in [2.45, 2.75) is 19.0 Å². The zero-order valence-electron chi connectivity index (χ0n) is 6.71. The van der Waals surface area contributed by atoms with Crippen LogP contribution < -0.4 is 0 Å². The molecular weight excluding hydrogens is 205 g/mol. The number of nitrogens with zero attached hydrogens (tertiary/aromatic N) is 2. The second-order valence-electron chi connectivity index (χ2n) is 2.52. The minimum absolute atomic E-state index is 0.296. The predicted molar refractivity (Wildman–Crippen MR) is 35.4 cm³/mol. The first kappa shape index (κ1) is 10.5. The summed E-state index contributed by atoms with van der Waals surface area (Å²) in [6.45, 7) is 0. The molecule has 5 nitrogen and oxygen atoms in total. The standard InChI is InChI=1S/C6H5F3N2O3/c7-6(8,9)2-4-3(1-5(12)13)10-14-11-4/h1-2H2,(H,12,13). The van der Waals surface area contributed by atoms with E-state index in [0.29, 0.717) is 0 Å². The summed E-state index contributed by atoms with van der Waals surface area (Å²) in [5.74, 6) is -1.29. The van der Waals surface area contributed by atoms with Crippen molar-refractivity contribution in [2.75, 3.05) is 0 Å². The average Bonchev–Trinajstić information content (AvgIpc) is 2.32. The van der Waals surface area contributed by atoms with Crippen LogP contribution >= 0.6 is 0 Å². The summed E-state index contributed by atoms with van der Waals surface area (Å²) in [7, 11) is 0. The Morgan fingerprint density at radius 3 is 2.43 bits per heavy atom. The van der Waals surface area contributed by atoms with Gasteiger partial charge in [0.1, 0.15) is 11.4 Å². The molecule has 0 atom stereocenters. The fourth-order valence-electron chi connectivity index (χ4n) is 0.826. The van der Waals surface area contributed by atoms with Gasteiger partial charge in [0.05, 0.1) is 12.8 Å². The largest absolute Gasteiger partial charge is 0.481 e. The molecule has 1 heterocycles. The van der Waals surface area contributed by atoms with E-state index in [2.05, 4.69) is 14.9 Å². The molecule has 0 saturated heterocycles. The molecule has 1 aromatic rings. The van der Waals surface area contributed by atoms with E-state index in [1.54, 1.807) is 0 Å². The molecule has 1 aromatic heterocycles. The van der Waals surface area contributed by atoms with Gasteiger partial charge in [-0.05, 0) is 0 Å². The van der Waals surface area contributed by atoms with Crippen molar-refractivity contribution >= 4 is 5.97 Å². The van der Waals surface area contributed by atoms with Gasteiger partial charge >= 0.3 is 12.1 Å². The number of hydrogen-bond donors (Lipinski definition) is 1. The maximum Gasteiger partial charge on any atom is 0.394 e. The number of alkyl halides is 3. The van der Waals surface area contributed by atoms with Crippen molar-refractivity contribution in [1.29, 1.82) is 0 Å². The normalized spacial score (nSPS) is 11.6. The van der Waals surface area contributed by atoms with Gasteiger partial charge in [-0.3, -0.25) is 4.79 Å². The van der Waals surface area contributed by atoms with E-state index in [9.17, 15) is 18.0 Å². The predicted octanol–water partition coefficient (Wildman–Crippen LogP) is 0.801. The third-order valence-corrected chi connectivity index (χ3v) is 1.32. The maximum absolute atomic E-state index is 11.9.